The zero-order chi connectivity index (χ0) is 17.3. The van der Waals surface area contributed by atoms with Gasteiger partial charge in [0.05, 0.1) is 5.56 Å². The van der Waals surface area contributed by atoms with Crippen molar-refractivity contribution in [2.24, 2.45) is 5.73 Å². The molecule has 1 atom stereocenters. The van der Waals surface area contributed by atoms with Gasteiger partial charge in [0.2, 0.25) is 5.91 Å². The minimum absolute atomic E-state index is 0.0736. The second-order valence-corrected chi connectivity index (χ2v) is 4.80. The molecule has 7 heteroatoms. The molecular weight excluding hydrogens is 309 g/mol. The SMILES string of the molecule is CCO[C@@H](Cc1cccc(C(F)(F)F)c1)C(=O)NC/C=C/CN. The van der Waals surface area contributed by atoms with E-state index in [-0.39, 0.29) is 18.9 Å². The van der Waals surface area contributed by atoms with Crippen molar-refractivity contribution in [1.29, 1.82) is 0 Å². The van der Waals surface area contributed by atoms with Gasteiger partial charge in [-0.2, -0.15) is 13.2 Å². The lowest BCUT2D eigenvalue weighted by atomic mass is 10.0. The van der Waals surface area contributed by atoms with Crippen LogP contribution in [-0.4, -0.2) is 31.7 Å². The summed E-state index contributed by atoms with van der Waals surface area (Å²) in [5.74, 6) is -0.370. The lowest BCUT2D eigenvalue weighted by Gasteiger charge is -2.17. The second-order valence-electron chi connectivity index (χ2n) is 4.80. The molecule has 0 bridgehead atoms. The zero-order valence-corrected chi connectivity index (χ0v) is 12.9. The molecule has 0 unspecified atom stereocenters. The molecular formula is C16H21F3N2O2. The molecule has 0 aliphatic heterocycles. The summed E-state index contributed by atoms with van der Waals surface area (Å²) in [4.78, 5) is 12.1. The number of alkyl halides is 3. The highest BCUT2D eigenvalue weighted by Crippen LogP contribution is 2.29. The standard InChI is InChI=1S/C16H21F3N2O2/c1-2-23-14(15(22)21-9-4-3-8-20)11-12-6-5-7-13(10-12)16(17,18)19/h3-7,10,14H,2,8-9,11,20H2,1H3,(H,21,22)/b4-3+/t14-/m0/s1. The average Bonchev–Trinajstić information content (AvgIpc) is 2.50. The van der Waals surface area contributed by atoms with Gasteiger partial charge in [0.15, 0.2) is 0 Å². The number of nitrogens with two attached hydrogens (primary N) is 1. The van der Waals surface area contributed by atoms with E-state index in [9.17, 15) is 18.0 Å². The van der Waals surface area contributed by atoms with Crippen LogP contribution in [0.2, 0.25) is 0 Å². The molecule has 0 saturated heterocycles. The number of nitrogens with one attached hydrogen (secondary N) is 1. The first kappa shape index (κ1) is 19.2. The second kappa shape index (κ2) is 9.32. The quantitative estimate of drug-likeness (QED) is 0.719. The predicted molar refractivity (Wildman–Crippen MR) is 81.8 cm³/mol. The van der Waals surface area contributed by atoms with Crippen molar-refractivity contribution in [1.82, 2.24) is 5.32 Å². The summed E-state index contributed by atoms with van der Waals surface area (Å²) in [6.07, 6.45) is -1.78. The normalized spacial score (nSPS) is 13.3. The maximum atomic E-state index is 12.7. The highest BCUT2D eigenvalue weighted by molar-refractivity contribution is 5.81. The summed E-state index contributed by atoms with van der Waals surface area (Å²) >= 11 is 0. The molecule has 0 radical (unpaired) electrons. The molecule has 1 rings (SSSR count). The Morgan fingerprint density at radius 1 is 1.39 bits per heavy atom. The lowest BCUT2D eigenvalue weighted by Crippen LogP contribution is -2.38. The number of ether oxygens (including phenoxy) is 1. The number of halogens is 3. The number of hydrogen-bond acceptors (Lipinski definition) is 3. The van der Waals surface area contributed by atoms with Crippen molar-refractivity contribution in [3.63, 3.8) is 0 Å². The number of carbonyl (C=O) groups is 1. The Morgan fingerprint density at radius 2 is 2.13 bits per heavy atom. The molecule has 4 nitrogen and oxygen atoms in total. The Hall–Kier alpha value is -1.86. The van der Waals surface area contributed by atoms with Crippen LogP contribution in [0.1, 0.15) is 18.1 Å². The molecule has 0 aliphatic carbocycles. The van der Waals surface area contributed by atoms with E-state index in [0.29, 0.717) is 18.7 Å². The van der Waals surface area contributed by atoms with E-state index in [2.05, 4.69) is 5.32 Å². The van der Waals surface area contributed by atoms with Crippen LogP contribution in [0.25, 0.3) is 0 Å². The first-order valence-electron chi connectivity index (χ1n) is 7.29. The molecule has 0 aromatic heterocycles. The fourth-order valence-electron chi connectivity index (χ4n) is 1.97. The number of benzene rings is 1. The van der Waals surface area contributed by atoms with Gasteiger partial charge in [0, 0.05) is 26.1 Å². The minimum atomic E-state index is -4.41. The van der Waals surface area contributed by atoms with Crippen LogP contribution < -0.4 is 11.1 Å². The molecule has 1 amide bonds. The first-order chi connectivity index (χ1) is 10.9. The van der Waals surface area contributed by atoms with Gasteiger partial charge in [-0.25, -0.2) is 0 Å². The lowest BCUT2D eigenvalue weighted by molar-refractivity contribution is -0.137. The zero-order valence-electron chi connectivity index (χ0n) is 12.9. The van der Waals surface area contributed by atoms with E-state index in [1.54, 1.807) is 25.1 Å². The molecule has 1 aromatic rings. The molecule has 128 valence electrons. The first-order valence-corrected chi connectivity index (χ1v) is 7.29. The fraction of sp³-hybridized carbons (Fsp3) is 0.438. The van der Waals surface area contributed by atoms with Crippen molar-refractivity contribution < 1.29 is 22.7 Å². The Labute approximate surface area is 133 Å². The smallest absolute Gasteiger partial charge is 0.368 e. The van der Waals surface area contributed by atoms with Crippen LogP contribution in [0.3, 0.4) is 0 Å². The van der Waals surface area contributed by atoms with Crippen molar-refractivity contribution >= 4 is 5.91 Å². The Bertz CT molecular complexity index is 530. The van der Waals surface area contributed by atoms with E-state index in [0.717, 1.165) is 12.1 Å². The van der Waals surface area contributed by atoms with Crippen LogP contribution in [-0.2, 0) is 22.1 Å². The summed E-state index contributed by atoms with van der Waals surface area (Å²) in [5, 5.41) is 2.64. The van der Waals surface area contributed by atoms with Crippen LogP contribution in [0, 0.1) is 0 Å². The van der Waals surface area contributed by atoms with E-state index < -0.39 is 17.8 Å². The predicted octanol–water partition coefficient (Wildman–Crippen LogP) is 2.28. The number of carbonyl (C=O) groups excluding carboxylic acids is 1. The molecule has 0 saturated carbocycles. The van der Waals surface area contributed by atoms with Crippen LogP contribution in [0.5, 0.6) is 0 Å². The van der Waals surface area contributed by atoms with Crippen molar-refractivity contribution in [2.45, 2.75) is 25.6 Å². The van der Waals surface area contributed by atoms with Crippen molar-refractivity contribution in [3.05, 3.63) is 47.5 Å². The third-order valence-corrected chi connectivity index (χ3v) is 3.03. The van der Waals surface area contributed by atoms with Gasteiger partial charge in [0.25, 0.3) is 0 Å². The molecule has 3 N–H and O–H groups in total. The molecule has 0 aliphatic rings. The molecule has 0 spiro atoms. The van der Waals surface area contributed by atoms with E-state index in [1.807, 2.05) is 0 Å². The van der Waals surface area contributed by atoms with Crippen LogP contribution in [0.15, 0.2) is 36.4 Å². The van der Waals surface area contributed by atoms with Gasteiger partial charge >= 0.3 is 6.18 Å². The fourth-order valence-corrected chi connectivity index (χ4v) is 1.97. The van der Waals surface area contributed by atoms with Crippen molar-refractivity contribution in [2.75, 3.05) is 19.7 Å². The number of hydrogen-bond donors (Lipinski definition) is 2. The van der Waals surface area contributed by atoms with E-state index >= 15 is 0 Å². The summed E-state index contributed by atoms with van der Waals surface area (Å²) in [5.41, 5.74) is 4.94. The van der Waals surface area contributed by atoms with Gasteiger partial charge in [-0.15, -0.1) is 0 Å². The Kier molecular flexibility index (Phi) is 7.77. The third kappa shape index (κ3) is 6.83. The number of rotatable bonds is 8. The topological polar surface area (TPSA) is 64.3 Å². The third-order valence-electron chi connectivity index (χ3n) is 3.03. The van der Waals surface area contributed by atoms with E-state index in [4.69, 9.17) is 10.5 Å². The summed E-state index contributed by atoms with van der Waals surface area (Å²) in [6.45, 7) is 2.67. The molecule has 0 heterocycles. The van der Waals surface area contributed by atoms with Gasteiger partial charge in [-0.3, -0.25) is 4.79 Å². The van der Waals surface area contributed by atoms with Crippen molar-refractivity contribution in [3.8, 4) is 0 Å². The van der Waals surface area contributed by atoms with Gasteiger partial charge in [-0.05, 0) is 18.6 Å². The number of amides is 1. The summed E-state index contributed by atoms with van der Waals surface area (Å²) in [7, 11) is 0. The largest absolute Gasteiger partial charge is 0.416 e. The Balaban J connectivity index is 2.75. The summed E-state index contributed by atoms with van der Waals surface area (Å²) < 4.78 is 43.5. The van der Waals surface area contributed by atoms with Crippen LogP contribution in [0.4, 0.5) is 13.2 Å². The highest BCUT2D eigenvalue weighted by Gasteiger charge is 2.30. The van der Waals surface area contributed by atoms with Gasteiger partial charge < -0.3 is 15.8 Å². The summed E-state index contributed by atoms with van der Waals surface area (Å²) in [6, 6.07) is 4.90. The van der Waals surface area contributed by atoms with Gasteiger partial charge in [0.1, 0.15) is 6.10 Å². The maximum absolute atomic E-state index is 12.7. The highest BCUT2D eigenvalue weighted by atomic mass is 19.4. The molecule has 23 heavy (non-hydrogen) atoms. The maximum Gasteiger partial charge on any atom is 0.416 e. The van der Waals surface area contributed by atoms with Crippen LogP contribution >= 0.6 is 0 Å². The van der Waals surface area contributed by atoms with Gasteiger partial charge in [-0.1, -0.05) is 30.4 Å². The Morgan fingerprint density at radius 3 is 2.74 bits per heavy atom. The monoisotopic (exact) mass is 330 g/mol. The minimum Gasteiger partial charge on any atom is -0.368 e. The average molecular weight is 330 g/mol. The van der Waals surface area contributed by atoms with E-state index in [1.165, 1.54) is 6.07 Å². The molecule has 0 fully saturated rings. The molecule has 1 aromatic carbocycles.